The Morgan fingerprint density at radius 1 is 1.35 bits per heavy atom. The molecule has 0 aliphatic rings. The van der Waals surface area contributed by atoms with Crippen LogP contribution in [-0.2, 0) is 6.54 Å². The van der Waals surface area contributed by atoms with Gasteiger partial charge in [0.1, 0.15) is 0 Å². The molecule has 0 amide bonds. The van der Waals surface area contributed by atoms with Crippen molar-refractivity contribution < 1.29 is 0 Å². The Labute approximate surface area is 109 Å². The third-order valence-corrected chi connectivity index (χ3v) is 2.69. The zero-order valence-electron chi connectivity index (χ0n) is 9.41. The molecule has 0 spiro atoms. The molecular weight excluding hydrogens is 278 g/mol. The van der Waals surface area contributed by atoms with Gasteiger partial charge in [-0.3, -0.25) is 5.10 Å². The molecule has 1 aromatic heterocycles. The van der Waals surface area contributed by atoms with Crippen LogP contribution in [0.5, 0.6) is 0 Å². The second-order valence-corrected chi connectivity index (χ2v) is 4.88. The summed E-state index contributed by atoms with van der Waals surface area (Å²) in [6.07, 6.45) is 1.85. The van der Waals surface area contributed by atoms with Crippen LogP contribution in [0.25, 0.3) is 11.3 Å². The zero-order chi connectivity index (χ0) is 12.1. The second-order valence-electron chi connectivity index (χ2n) is 3.76. The smallest absolute Gasteiger partial charge is 0.0695 e. The standard InChI is InChI=1S/C13H14BrN3/c1-10(14)7-15-8-12-9-16-17-13(12)11-5-3-2-4-6-11/h2-6,9,15H,1,7-8H2,(H,16,17). The average Bonchev–Trinajstić information content (AvgIpc) is 2.78. The first-order valence-corrected chi connectivity index (χ1v) is 6.18. The molecule has 3 nitrogen and oxygen atoms in total. The van der Waals surface area contributed by atoms with Crippen molar-refractivity contribution in [3.8, 4) is 11.3 Å². The van der Waals surface area contributed by atoms with Crippen LogP contribution in [-0.4, -0.2) is 16.7 Å². The molecule has 0 saturated carbocycles. The van der Waals surface area contributed by atoms with Gasteiger partial charge in [0, 0.05) is 23.1 Å². The van der Waals surface area contributed by atoms with E-state index in [1.807, 2.05) is 24.4 Å². The highest BCUT2D eigenvalue weighted by Crippen LogP contribution is 2.20. The van der Waals surface area contributed by atoms with Gasteiger partial charge < -0.3 is 5.32 Å². The summed E-state index contributed by atoms with van der Waals surface area (Å²) in [6, 6.07) is 10.2. The van der Waals surface area contributed by atoms with Gasteiger partial charge in [-0.05, 0) is 5.56 Å². The molecule has 0 unspecified atom stereocenters. The summed E-state index contributed by atoms with van der Waals surface area (Å²) in [4.78, 5) is 0. The predicted molar refractivity (Wildman–Crippen MR) is 73.8 cm³/mol. The average molecular weight is 292 g/mol. The normalized spacial score (nSPS) is 10.4. The minimum absolute atomic E-state index is 0.749. The highest BCUT2D eigenvalue weighted by atomic mass is 79.9. The molecule has 0 saturated heterocycles. The number of benzene rings is 1. The highest BCUT2D eigenvalue weighted by Gasteiger charge is 2.06. The summed E-state index contributed by atoms with van der Waals surface area (Å²) < 4.78 is 0.947. The first-order valence-electron chi connectivity index (χ1n) is 5.39. The van der Waals surface area contributed by atoms with Crippen molar-refractivity contribution in [3.63, 3.8) is 0 Å². The topological polar surface area (TPSA) is 40.7 Å². The van der Waals surface area contributed by atoms with Crippen LogP contribution in [0, 0.1) is 0 Å². The maximum atomic E-state index is 4.10. The van der Waals surface area contributed by atoms with Gasteiger partial charge >= 0.3 is 0 Å². The molecule has 0 fully saturated rings. The van der Waals surface area contributed by atoms with Gasteiger partial charge in [-0.1, -0.05) is 52.8 Å². The number of rotatable bonds is 5. The molecule has 1 heterocycles. The van der Waals surface area contributed by atoms with Crippen molar-refractivity contribution in [2.75, 3.05) is 6.54 Å². The minimum atomic E-state index is 0.749. The lowest BCUT2D eigenvalue weighted by atomic mass is 10.1. The van der Waals surface area contributed by atoms with Crippen molar-refractivity contribution in [3.05, 3.63) is 53.2 Å². The molecular formula is C13H14BrN3. The Bertz CT molecular complexity index is 490. The fourth-order valence-electron chi connectivity index (χ4n) is 1.63. The molecule has 0 bridgehead atoms. The first-order chi connectivity index (χ1) is 8.27. The van der Waals surface area contributed by atoms with Crippen molar-refractivity contribution in [2.24, 2.45) is 0 Å². The largest absolute Gasteiger partial charge is 0.308 e. The SMILES string of the molecule is C=C(Br)CNCc1cn[nH]c1-c1ccccc1. The van der Waals surface area contributed by atoms with E-state index in [9.17, 15) is 0 Å². The molecule has 0 aliphatic heterocycles. The van der Waals surface area contributed by atoms with Gasteiger partial charge in [-0.2, -0.15) is 5.10 Å². The predicted octanol–water partition coefficient (Wildman–Crippen LogP) is 3.07. The Balaban J connectivity index is 2.10. The summed E-state index contributed by atoms with van der Waals surface area (Å²) in [6.45, 7) is 5.30. The van der Waals surface area contributed by atoms with Crippen LogP contribution in [0.2, 0.25) is 0 Å². The summed E-state index contributed by atoms with van der Waals surface area (Å²) in [7, 11) is 0. The van der Waals surface area contributed by atoms with Gasteiger partial charge in [0.2, 0.25) is 0 Å². The lowest BCUT2D eigenvalue weighted by molar-refractivity contribution is 0.759. The van der Waals surface area contributed by atoms with Crippen LogP contribution < -0.4 is 5.32 Å². The van der Waals surface area contributed by atoms with Crippen LogP contribution in [0.4, 0.5) is 0 Å². The molecule has 0 aliphatic carbocycles. The van der Waals surface area contributed by atoms with E-state index >= 15 is 0 Å². The number of nitrogens with one attached hydrogen (secondary N) is 2. The Kier molecular flexibility index (Phi) is 4.12. The van der Waals surface area contributed by atoms with Gasteiger partial charge in [-0.15, -0.1) is 0 Å². The van der Waals surface area contributed by atoms with Crippen molar-refractivity contribution in [1.29, 1.82) is 0 Å². The van der Waals surface area contributed by atoms with E-state index in [0.29, 0.717) is 0 Å². The first kappa shape index (κ1) is 12.1. The van der Waals surface area contributed by atoms with Crippen molar-refractivity contribution >= 4 is 15.9 Å². The summed E-state index contributed by atoms with van der Waals surface area (Å²) in [5, 5.41) is 10.4. The van der Waals surface area contributed by atoms with Crippen molar-refractivity contribution in [1.82, 2.24) is 15.5 Å². The number of aromatic amines is 1. The van der Waals surface area contributed by atoms with Crippen LogP contribution >= 0.6 is 15.9 Å². The van der Waals surface area contributed by atoms with Gasteiger partial charge in [0.05, 0.1) is 11.9 Å². The zero-order valence-corrected chi connectivity index (χ0v) is 11.0. The van der Waals surface area contributed by atoms with E-state index in [2.05, 4.69) is 50.2 Å². The molecule has 17 heavy (non-hydrogen) atoms. The highest BCUT2D eigenvalue weighted by molar-refractivity contribution is 9.11. The van der Waals surface area contributed by atoms with E-state index < -0.39 is 0 Å². The molecule has 0 radical (unpaired) electrons. The molecule has 2 rings (SSSR count). The van der Waals surface area contributed by atoms with Crippen LogP contribution in [0.15, 0.2) is 47.6 Å². The number of aromatic nitrogens is 2. The fraction of sp³-hybridized carbons (Fsp3) is 0.154. The molecule has 2 N–H and O–H groups in total. The van der Waals surface area contributed by atoms with E-state index in [-0.39, 0.29) is 0 Å². The lowest BCUT2D eigenvalue weighted by Crippen LogP contribution is -2.14. The van der Waals surface area contributed by atoms with Gasteiger partial charge in [0.15, 0.2) is 0 Å². The van der Waals surface area contributed by atoms with E-state index in [1.165, 1.54) is 0 Å². The van der Waals surface area contributed by atoms with Gasteiger partial charge in [-0.25, -0.2) is 0 Å². The third-order valence-electron chi connectivity index (χ3n) is 2.41. The molecule has 4 heteroatoms. The molecule has 0 atom stereocenters. The monoisotopic (exact) mass is 291 g/mol. The number of halogens is 1. The third kappa shape index (κ3) is 3.28. The molecule has 1 aromatic carbocycles. The number of H-pyrrole nitrogens is 1. The lowest BCUT2D eigenvalue weighted by Gasteiger charge is -2.04. The van der Waals surface area contributed by atoms with E-state index in [0.717, 1.165) is 34.4 Å². The molecule has 2 aromatic rings. The maximum Gasteiger partial charge on any atom is 0.0695 e. The van der Waals surface area contributed by atoms with Gasteiger partial charge in [0.25, 0.3) is 0 Å². The molecule has 88 valence electrons. The Morgan fingerprint density at radius 3 is 2.82 bits per heavy atom. The summed E-state index contributed by atoms with van der Waals surface area (Å²) >= 11 is 3.32. The minimum Gasteiger partial charge on any atom is -0.308 e. The summed E-state index contributed by atoms with van der Waals surface area (Å²) in [5.74, 6) is 0. The Morgan fingerprint density at radius 2 is 2.12 bits per heavy atom. The Hall–Kier alpha value is -1.39. The number of hydrogen-bond acceptors (Lipinski definition) is 2. The summed E-state index contributed by atoms with van der Waals surface area (Å²) in [5.41, 5.74) is 3.38. The fourth-order valence-corrected chi connectivity index (χ4v) is 1.83. The maximum absolute atomic E-state index is 4.10. The number of nitrogens with zero attached hydrogens (tertiary/aromatic N) is 1. The van der Waals surface area contributed by atoms with Crippen LogP contribution in [0.1, 0.15) is 5.56 Å². The van der Waals surface area contributed by atoms with Crippen LogP contribution in [0.3, 0.4) is 0 Å². The van der Waals surface area contributed by atoms with E-state index in [4.69, 9.17) is 0 Å². The number of hydrogen-bond donors (Lipinski definition) is 2. The second kappa shape index (κ2) is 5.80. The van der Waals surface area contributed by atoms with Crippen molar-refractivity contribution in [2.45, 2.75) is 6.54 Å². The van der Waals surface area contributed by atoms with E-state index in [1.54, 1.807) is 0 Å². The quantitative estimate of drug-likeness (QED) is 0.889.